The lowest BCUT2D eigenvalue weighted by molar-refractivity contribution is -0.134. The Morgan fingerprint density at radius 2 is 2.21 bits per heavy atom. The van der Waals surface area contributed by atoms with E-state index < -0.39 is 0 Å². The first-order valence-electron chi connectivity index (χ1n) is 7.53. The predicted octanol–water partition coefficient (Wildman–Crippen LogP) is 2.93. The van der Waals surface area contributed by atoms with Gasteiger partial charge in [0.15, 0.2) is 0 Å². The van der Waals surface area contributed by atoms with Gasteiger partial charge in [-0.1, -0.05) is 30.4 Å². The third kappa shape index (κ3) is 1.30. The first-order chi connectivity index (χ1) is 9.28. The third-order valence-corrected chi connectivity index (χ3v) is 5.82. The number of carbonyl (C=O) groups excluding carboxylic acids is 1. The minimum atomic E-state index is 0.0284. The predicted molar refractivity (Wildman–Crippen MR) is 75.3 cm³/mol. The Morgan fingerprint density at radius 1 is 1.37 bits per heavy atom. The SMILES string of the molecule is C=CC[C@]12CC=CCCN1C(=O)[C@@H]1[C@H]2[C@H]2C=C[C@@H]1C2. The van der Waals surface area contributed by atoms with Crippen molar-refractivity contribution in [2.75, 3.05) is 6.54 Å². The zero-order chi connectivity index (χ0) is 13.0. The standard InChI is InChI=1S/C17H21NO/c1-2-8-17-9-4-3-5-10-18(17)16(19)14-12-6-7-13(11-12)15(14)17/h2-4,6-7,12-15H,1,5,8-11H2/t12-,13+,14+,15-,17-/m1/s1. The van der Waals surface area contributed by atoms with Gasteiger partial charge in [-0.25, -0.2) is 0 Å². The molecule has 1 amide bonds. The Balaban J connectivity index is 1.83. The molecule has 0 aromatic rings. The van der Waals surface area contributed by atoms with Crippen molar-refractivity contribution in [3.05, 3.63) is 37.0 Å². The topological polar surface area (TPSA) is 20.3 Å². The van der Waals surface area contributed by atoms with Gasteiger partial charge in [-0.05, 0) is 37.5 Å². The van der Waals surface area contributed by atoms with Gasteiger partial charge in [-0.2, -0.15) is 0 Å². The Morgan fingerprint density at radius 3 is 3.05 bits per heavy atom. The summed E-state index contributed by atoms with van der Waals surface area (Å²) in [6, 6.07) is 0. The van der Waals surface area contributed by atoms with Crippen LogP contribution < -0.4 is 0 Å². The van der Waals surface area contributed by atoms with E-state index in [4.69, 9.17) is 0 Å². The van der Waals surface area contributed by atoms with Gasteiger partial charge in [0, 0.05) is 12.5 Å². The van der Waals surface area contributed by atoms with E-state index in [1.54, 1.807) is 0 Å². The number of rotatable bonds is 2. The summed E-state index contributed by atoms with van der Waals surface area (Å²) < 4.78 is 0. The lowest BCUT2D eigenvalue weighted by Crippen LogP contribution is -2.49. The average Bonchev–Trinajstić information content (AvgIpc) is 3.02. The van der Waals surface area contributed by atoms with Gasteiger partial charge in [0.2, 0.25) is 5.91 Å². The van der Waals surface area contributed by atoms with Crippen LogP contribution in [0.3, 0.4) is 0 Å². The second-order valence-corrected chi connectivity index (χ2v) is 6.55. The van der Waals surface area contributed by atoms with Crippen LogP contribution in [0.25, 0.3) is 0 Å². The smallest absolute Gasteiger partial charge is 0.227 e. The fraction of sp³-hybridized carbons (Fsp3) is 0.588. The van der Waals surface area contributed by atoms with E-state index in [2.05, 4.69) is 35.8 Å². The molecule has 2 nitrogen and oxygen atoms in total. The molecule has 2 aliphatic carbocycles. The van der Waals surface area contributed by atoms with Crippen molar-refractivity contribution in [2.24, 2.45) is 23.7 Å². The summed E-state index contributed by atoms with van der Waals surface area (Å²) in [4.78, 5) is 15.1. The summed E-state index contributed by atoms with van der Waals surface area (Å²) in [6.07, 6.45) is 15.4. The van der Waals surface area contributed by atoms with Crippen LogP contribution in [-0.2, 0) is 4.79 Å². The molecule has 2 fully saturated rings. The van der Waals surface area contributed by atoms with Crippen molar-refractivity contribution >= 4 is 5.91 Å². The number of hydrogen-bond acceptors (Lipinski definition) is 1. The molecule has 4 aliphatic rings. The summed E-state index contributed by atoms with van der Waals surface area (Å²) >= 11 is 0. The van der Waals surface area contributed by atoms with E-state index in [-0.39, 0.29) is 11.5 Å². The second kappa shape index (κ2) is 3.84. The van der Waals surface area contributed by atoms with Crippen LogP contribution in [0.1, 0.15) is 25.7 Å². The molecule has 19 heavy (non-hydrogen) atoms. The van der Waals surface area contributed by atoms with Crippen molar-refractivity contribution in [1.29, 1.82) is 0 Å². The Kier molecular flexibility index (Phi) is 2.33. The van der Waals surface area contributed by atoms with E-state index in [1.807, 2.05) is 6.08 Å². The molecular formula is C17H21NO. The number of fused-ring (bicyclic) bond motifs is 7. The number of nitrogens with zero attached hydrogens (tertiary/aromatic N) is 1. The molecule has 0 spiro atoms. The summed E-state index contributed by atoms with van der Waals surface area (Å²) in [7, 11) is 0. The number of allylic oxidation sites excluding steroid dienone is 2. The summed E-state index contributed by atoms with van der Waals surface area (Å²) in [5.41, 5.74) is 0.0284. The van der Waals surface area contributed by atoms with Crippen molar-refractivity contribution in [1.82, 2.24) is 4.90 Å². The highest BCUT2D eigenvalue weighted by molar-refractivity contribution is 5.85. The fourth-order valence-corrected chi connectivity index (χ4v) is 5.24. The van der Waals surface area contributed by atoms with Crippen LogP contribution in [0.4, 0.5) is 0 Å². The van der Waals surface area contributed by atoms with Crippen molar-refractivity contribution in [3.63, 3.8) is 0 Å². The van der Waals surface area contributed by atoms with Gasteiger partial charge in [0.25, 0.3) is 0 Å². The molecule has 4 rings (SSSR count). The lowest BCUT2D eigenvalue weighted by Gasteiger charge is -2.42. The summed E-state index contributed by atoms with van der Waals surface area (Å²) in [6.45, 7) is 4.86. The molecule has 1 saturated carbocycles. The van der Waals surface area contributed by atoms with Gasteiger partial charge in [0.1, 0.15) is 0 Å². The molecule has 0 unspecified atom stereocenters. The van der Waals surface area contributed by atoms with Crippen LogP contribution in [0.15, 0.2) is 37.0 Å². The highest BCUT2D eigenvalue weighted by Gasteiger charge is 2.64. The molecule has 5 atom stereocenters. The van der Waals surface area contributed by atoms with E-state index >= 15 is 0 Å². The van der Waals surface area contributed by atoms with Crippen molar-refractivity contribution < 1.29 is 4.79 Å². The molecular weight excluding hydrogens is 234 g/mol. The highest BCUT2D eigenvalue weighted by Crippen LogP contribution is 2.60. The van der Waals surface area contributed by atoms with E-state index in [0.29, 0.717) is 23.7 Å². The first kappa shape index (κ1) is 11.5. The van der Waals surface area contributed by atoms with Crippen LogP contribution in [0.2, 0.25) is 0 Å². The number of amides is 1. The third-order valence-electron chi connectivity index (χ3n) is 5.82. The average molecular weight is 255 g/mol. The fourth-order valence-electron chi connectivity index (χ4n) is 5.24. The molecule has 2 heteroatoms. The van der Waals surface area contributed by atoms with Gasteiger partial charge in [0.05, 0.1) is 11.5 Å². The molecule has 2 bridgehead atoms. The second-order valence-electron chi connectivity index (χ2n) is 6.55. The van der Waals surface area contributed by atoms with E-state index in [1.165, 1.54) is 6.42 Å². The van der Waals surface area contributed by atoms with Gasteiger partial charge >= 0.3 is 0 Å². The van der Waals surface area contributed by atoms with E-state index in [0.717, 1.165) is 25.8 Å². The Bertz CT molecular complexity index is 491. The maximum Gasteiger partial charge on any atom is 0.227 e. The minimum absolute atomic E-state index is 0.0284. The summed E-state index contributed by atoms with van der Waals surface area (Å²) in [5.74, 6) is 2.35. The van der Waals surface area contributed by atoms with E-state index in [9.17, 15) is 4.79 Å². The number of hydrogen-bond donors (Lipinski definition) is 0. The molecule has 1 saturated heterocycles. The number of carbonyl (C=O) groups is 1. The molecule has 0 aromatic heterocycles. The normalized spacial score (nSPS) is 46.3. The van der Waals surface area contributed by atoms with Crippen LogP contribution in [0.5, 0.6) is 0 Å². The van der Waals surface area contributed by atoms with Crippen LogP contribution in [-0.4, -0.2) is 22.9 Å². The maximum absolute atomic E-state index is 12.9. The zero-order valence-electron chi connectivity index (χ0n) is 11.3. The minimum Gasteiger partial charge on any atom is -0.335 e. The highest BCUT2D eigenvalue weighted by atomic mass is 16.2. The Labute approximate surface area is 114 Å². The Hall–Kier alpha value is -1.31. The molecule has 0 radical (unpaired) electrons. The first-order valence-corrected chi connectivity index (χ1v) is 7.53. The van der Waals surface area contributed by atoms with Gasteiger partial charge in [-0.15, -0.1) is 6.58 Å². The quantitative estimate of drug-likeness (QED) is 0.695. The van der Waals surface area contributed by atoms with Gasteiger partial charge < -0.3 is 4.90 Å². The lowest BCUT2D eigenvalue weighted by atomic mass is 9.70. The molecule has 2 heterocycles. The molecule has 0 aromatic carbocycles. The summed E-state index contributed by atoms with van der Waals surface area (Å²) in [5, 5.41) is 0. The van der Waals surface area contributed by atoms with Gasteiger partial charge in [-0.3, -0.25) is 4.79 Å². The van der Waals surface area contributed by atoms with Crippen molar-refractivity contribution in [2.45, 2.75) is 31.2 Å². The molecule has 100 valence electrons. The molecule has 0 N–H and O–H groups in total. The van der Waals surface area contributed by atoms with Crippen molar-refractivity contribution in [3.8, 4) is 0 Å². The maximum atomic E-state index is 12.9. The zero-order valence-corrected chi connectivity index (χ0v) is 11.3. The molecule has 2 aliphatic heterocycles. The van der Waals surface area contributed by atoms with Crippen LogP contribution in [0, 0.1) is 23.7 Å². The largest absolute Gasteiger partial charge is 0.335 e. The monoisotopic (exact) mass is 255 g/mol. The van der Waals surface area contributed by atoms with Crippen LogP contribution >= 0.6 is 0 Å².